The van der Waals surface area contributed by atoms with Crippen LogP contribution in [0.3, 0.4) is 0 Å². The molecular weight excluding hydrogens is 288 g/mol. The molecule has 0 aliphatic heterocycles. The molecule has 122 valence electrons. The Balaban J connectivity index is 2.01. The molecule has 2 aromatic carbocycles. The Morgan fingerprint density at radius 3 is 2.26 bits per heavy atom. The van der Waals surface area contributed by atoms with Crippen LogP contribution >= 0.6 is 0 Å². The Morgan fingerprint density at radius 1 is 1.04 bits per heavy atom. The quantitative estimate of drug-likeness (QED) is 0.736. The molecule has 2 unspecified atom stereocenters. The smallest absolute Gasteiger partial charge is 0.315 e. The molecule has 0 aromatic heterocycles. The van der Waals surface area contributed by atoms with Crippen LogP contribution in [0.4, 0.5) is 4.79 Å². The van der Waals surface area contributed by atoms with E-state index in [0.717, 1.165) is 12.0 Å². The normalized spacial score (nSPS) is 13.1. The monoisotopic (exact) mass is 312 g/mol. The lowest BCUT2D eigenvalue weighted by Gasteiger charge is -2.20. The van der Waals surface area contributed by atoms with Crippen LogP contribution in [0.15, 0.2) is 60.7 Å². The minimum absolute atomic E-state index is 0.0925. The molecule has 2 atom stereocenters. The second-order valence-electron chi connectivity index (χ2n) is 5.69. The highest BCUT2D eigenvalue weighted by Gasteiger charge is 2.15. The lowest BCUT2D eigenvalue weighted by Crippen LogP contribution is -2.39. The standard InChI is InChI=1S/C19H24N2O2/c1-15(22)12-13-20-19(23)21-18(17-10-6-3-7-11-17)14-16-8-4-2-5-9-16/h2-11,15,18,22H,12-14H2,1H3,(H2,20,21,23). The first-order valence-corrected chi connectivity index (χ1v) is 7.96. The molecule has 0 spiro atoms. The van der Waals surface area contributed by atoms with Gasteiger partial charge in [-0.3, -0.25) is 0 Å². The number of carbonyl (C=O) groups excluding carboxylic acids is 1. The van der Waals surface area contributed by atoms with E-state index in [9.17, 15) is 9.90 Å². The van der Waals surface area contributed by atoms with E-state index in [1.165, 1.54) is 5.56 Å². The number of nitrogens with one attached hydrogen (secondary N) is 2. The zero-order chi connectivity index (χ0) is 16.5. The van der Waals surface area contributed by atoms with Gasteiger partial charge < -0.3 is 15.7 Å². The fourth-order valence-corrected chi connectivity index (χ4v) is 2.39. The summed E-state index contributed by atoms with van der Waals surface area (Å²) in [5.41, 5.74) is 2.24. The van der Waals surface area contributed by atoms with Crippen molar-refractivity contribution in [3.63, 3.8) is 0 Å². The first-order chi connectivity index (χ1) is 11.1. The van der Waals surface area contributed by atoms with Gasteiger partial charge >= 0.3 is 6.03 Å². The second kappa shape index (κ2) is 8.96. The molecule has 0 aliphatic carbocycles. The van der Waals surface area contributed by atoms with E-state index in [-0.39, 0.29) is 12.1 Å². The van der Waals surface area contributed by atoms with Crippen molar-refractivity contribution in [2.24, 2.45) is 0 Å². The summed E-state index contributed by atoms with van der Waals surface area (Å²) in [6.45, 7) is 2.16. The van der Waals surface area contributed by atoms with E-state index >= 15 is 0 Å². The first kappa shape index (κ1) is 17.0. The van der Waals surface area contributed by atoms with Gasteiger partial charge in [0, 0.05) is 6.54 Å². The molecule has 2 rings (SSSR count). The summed E-state index contributed by atoms with van der Waals surface area (Å²) in [7, 11) is 0. The van der Waals surface area contributed by atoms with Crippen molar-refractivity contribution < 1.29 is 9.90 Å². The number of hydrogen-bond acceptors (Lipinski definition) is 2. The number of aliphatic hydroxyl groups excluding tert-OH is 1. The molecule has 2 aromatic rings. The van der Waals surface area contributed by atoms with Crippen molar-refractivity contribution in [1.29, 1.82) is 0 Å². The molecule has 0 aliphatic rings. The highest BCUT2D eigenvalue weighted by Crippen LogP contribution is 2.18. The van der Waals surface area contributed by atoms with Crippen molar-refractivity contribution in [2.75, 3.05) is 6.54 Å². The van der Waals surface area contributed by atoms with Crippen molar-refractivity contribution in [2.45, 2.75) is 31.9 Å². The SMILES string of the molecule is CC(O)CCNC(=O)NC(Cc1ccccc1)c1ccccc1. The summed E-state index contributed by atoms with van der Waals surface area (Å²) in [6, 6.07) is 19.7. The molecule has 3 N–H and O–H groups in total. The zero-order valence-corrected chi connectivity index (χ0v) is 13.4. The zero-order valence-electron chi connectivity index (χ0n) is 13.4. The number of carbonyl (C=O) groups is 1. The molecule has 0 heterocycles. The van der Waals surface area contributed by atoms with Gasteiger partial charge in [0.2, 0.25) is 0 Å². The first-order valence-electron chi connectivity index (χ1n) is 7.96. The molecular formula is C19H24N2O2. The predicted octanol–water partition coefficient (Wildman–Crippen LogP) is 3.04. The van der Waals surface area contributed by atoms with Gasteiger partial charge in [0.05, 0.1) is 12.1 Å². The molecule has 0 bridgehead atoms. The highest BCUT2D eigenvalue weighted by atomic mass is 16.3. The van der Waals surface area contributed by atoms with Crippen molar-refractivity contribution in [3.05, 3.63) is 71.8 Å². The average Bonchev–Trinajstić information content (AvgIpc) is 2.56. The lowest BCUT2D eigenvalue weighted by atomic mass is 9.99. The van der Waals surface area contributed by atoms with Gasteiger partial charge in [0.15, 0.2) is 0 Å². The van der Waals surface area contributed by atoms with Crippen molar-refractivity contribution in [3.8, 4) is 0 Å². The molecule has 2 amide bonds. The molecule has 23 heavy (non-hydrogen) atoms. The number of rotatable bonds is 7. The molecule has 0 radical (unpaired) electrons. The minimum atomic E-state index is -0.412. The van der Waals surface area contributed by atoms with Gasteiger partial charge in [0.25, 0.3) is 0 Å². The average molecular weight is 312 g/mol. The Kier molecular flexibility index (Phi) is 6.63. The predicted molar refractivity (Wildman–Crippen MR) is 92.2 cm³/mol. The number of benzene rings is 2. The van der Waals surface area contributed by atoms with E-state index in [4.69, 9.17) is 0 Å². The topological polar surface area (TPSA) is 61.4 Å². The maximum Gasteiger partial charge on any atom is 0.315 e. The fourth-order valence-electron chi connectivity index (χ4n) is 2.39. The third kappa shape index (κ3) is 6.12. The van der Waals surface area contributed by atoms with E-state index in [0.29, 0.717) is 13.0 Å². The van der Waals surface area contributed by atoms with Gasteiger partial charge in [-0.25, -0.2) is 4.79 Å². The maximum atomic E-state index is 12.1. The molecule has 0 saturated carbocycles. The Labute approximate surface area is 137 Å². The summed E-state index contributed by atoms with van der Waals surface area (Å²) >= 11 is 0. The number of hydrogen-bond donors (Lipinski definition) is 3. The highest BCUT2D eigenvalue weighted by molar-refractivity contribution is 5.74. The third-order valence-electron chi connectivity index (χ3n) is 3.64. The molecule has 4 nitrogen and oxygen atoms in total. The van der Waals surface area contributed by atoms with E-state index in [1.54, 1.807) is 6.92 Å². The van der Waals surface area contributed by atoms with Crippen LogP contribution in [-0.4, -0.2) is 23.8 Å². The van der Waals surface area contributed by atoms with E-state index in [1.807, 2.05) is 48.5 Å². The maximum absolute atomic E-state index is 12.1. The van der Waals surface area contributed by atoms with Gasteiger partial charge in [-0.2, -0.15) is 0 Å². The largest absolute Gasteiger partial charge is 0.393 e. The summed E-state index contributed by atoms with van der Waals surface area (Å²) < 4.78 is 0. The van der Waals surface area contributed by atoms with Crippen LogP contribution < -0.4 is 10.6 Å². The summed E-state index contributed by atoms with van der Waals surface area (Å²) in [5, 5.41) is 15.1. The number of amides is 2. The Hall–Kier alpha value is -2.33. The van der Waals surface area contributed by atoms with E-state index in [2.05, 4.69) is 22.8 Å². The number of aliphatic hydroxyl groups is 1. The van der Waals surface area contributed by atoms with Crippen LogP contribution in [-0.2, 0) is 6.42 Å². The van der Waals surface area contributed by atoms with Crippen molar-refractivity contribution in [1.82, 2.24) is 10.6 Å². The molecule has 4 heteroatoms. The van der Waals surface area contributed by atoms with Crippen LogP contribution in [0.5, 0.6) is 0 Å². The second-order valence-corrected chi connectivity index (χ2v) is 5.69. The lowest BCUT2D eigenvalue weighted by molar-refractivity contribution is 0.183. The van der Waals surface area contributed by atoms with Gasteiger partial charge in [-0.05, 0) is 30.9 Å². The van der Waals surface area contributed by atoms with Gasteiger partial charge in [0.1, 0.15) is 0 Å². The van der Waals surface area contributed by atoms with Crippen LogP contribution in [0.25, 0.3) is 0 Å². The third-order valence-corrected chi connectivity index (χ3v) is 3.64. The van der Waals surface area contributed by atoms with Gasteiger partial charge in [-0.1, -0.05) is 60.7 Å². The van der Waals surface area contributed by atoms with Crippen molar-refractivity contribution >= 4 is 6.03 Å². The van der Waals surface area contributed by atoms with Gasteiger partial charge in [-0.15, -0.1) is 0 Å². The fraction of sp³-hybridized carbons (Fsp3) is 0.316. The molecule has 0 fully saturated rings. The van der Waals surface area contributed by atoms with Crippen LogP contribution in [0, 0.1) is 0 Å². The molecule has 0 saturated heterocycles. The van der Waals surface area contributed by atoms with Crippen LogP contribution in [0.2, 0.25) is 0 Å². The number of urea groups is 1. The minimum Gasteiger partial charge on any atom is -0.393 e. The summed E-state index contributed by atoms with van der Waals surface area (Å²) in [5.74, 6) is 0. The Morgan fingerprint density at radius 2 is 1.65 bits per heavy atom. The van der Waals surface area contributed by atoms with Crippen LogP contribution in [0.1, 0.15) is 30.5 Å². The summed E-state index contributed by atoms with van der Waals surface area (Å²) in [4.78, 5) is 12.1. The Bertz CT molecular complexity index is 585. The summed E-state index contributed by atoms with van der Waals surface area (Å²) in [6.07, 6.45) is 0.862. The van der Waals surface area contributed by atoms with E-state index < -0.39 is 6.10 Å².